The van der Waals surface area contributed by atoms with Crippen LogP contribution in [0, 0.1) is 0 Å². The molecule has 86 valence electrons. The van der Waals surface area contributed by atoms with Gasteiger partial charge in [-0.15, -0.1) is 4.83 Å². The smallest absolute Gasteiger partial charge is 0.228 e. The highest BCUT2D eigenvalue weighted by Gasteiger charge is 2.20. The predicted octanol–water partition coefficient (Wildman–Crippen LogP) is -0.229. The molecule has 1 atom stereocenters. The first-order valence-corrected chi connectivity index (χ1v) is 6.34. The van der Waals surface area contributed by atoms with Gasteiger partial charge in [0.25, 0.3) is 0 Å². The quantitative estimate of drug-likeness (QED) is 0.462. The second-order valence-corrected chi connectivity index (χ2v) is 5.62. The normalized spacial score (nSPS) is 14.6. The molecule has 0 saturated carbocycles. The maximum absolute atomic E-state index is 11.5. The molecular formula is C8H21N3O2S. The molecule has 0 bridgehead atoms. The fourth-order valence-electron chi connectivity index (χ4n) is 0.936. The average Bonchev–Trinajstić information content (AvgIpc) is 2.02. The van der Waals surface area contributed by atoms with Crippen LogP contribution >= 0.6 is 0 Å². The molecule has 0 amide bonds. The summed E-state index contributed by atoms with van der Waals surface area (Å²) in [6.45, 7) is 5.07. The van der Waals surface area contributed by atoms with Gasteiger partial charge in [0, 0.05) is 20.6 Å². The van der Waals surface area contributed by atoms with Gasteiger partial charge in [0.05, 0.1) is 5.25 Å². The highest BCUT2D eigenvalue weighted by Crippen LogP contribution is 1.96. The minimum absolute atomic E-state index is 0.420. The zero-order valence-corrected chi connectivity index (χ0v) is 10.2. The molecule has 0 rings (SSSR count). The molecule has 0 heterocycles. The molecule has 0 aliphatic carbocycles. The van der Waals surface area contributed by atoms with Gasteiger partial charge in [-0.3, -0.25) is 0 Å². The molecule has 0 aromatic carbocycles. The number of rotatable bonds is 7. The third-order valence-corrected chi connectivity index (χ3v) is 3.54. The first kappa shape index (κ1) is 13.8. The Morgan fingerprint density at radius 1 is 1.36 bits per heavy atom. The van der Waals surface area contributed by atoms with E-state index >= 15 is 0 Å². The minimum Gasteiger partial charge on any atom is -0.315 e. The molecule has 0 aliphatic heterocycles. The standard InChI is InChI=1S/C8H21N3O2S/c1-5-6-9-7-8(2)14(12,13)10-11(3)4/h8-10H,5-7H2,1-4H3. The zero-order chi connectivity index (χ0) is 11.2. The third-order valence-electron chi connectivity index (χ3n) is 1.70. The summed E-state index contributed by atoms with van der Waals surface area (Å²) >= 11 is 0. The SMILES string of the molecule is CCCNCC(C)S(=O)(=O)NN(C)C. The van der Waals surface area contributed by atoms with Crippen molar-refractivity contribution < 1.29 is 8.42 Å². The van der Waals surface area contributed by atoms with Crippen molar-refractivity contribution >= 4 is 10.0 Å². The molecule has 0 aromatic heterocycles. The van der Waals surface area contributed by atoms with E-state index in [-0.39, 0.29) is 0 Å². The van der Waals surface area contributed by atoms with Crippen molar-refractivity contribution in [2.45, 2.75) is 25.5 Å². The Balaban J connectivity index is 4.02. The summed E-state index contributed by atoms with van der Waals surface area (Å²) in [5.74, 6) is 0. The molecule has 0 aliphatic rings. The molecule has 1 unspecified atom stereocenters. The monoisotopic (exact) mass is 223 g/mol. The van der Waals surface area contributed by atoms with E-state index in [0.717, 1.165) is 13.0 Å². The van der Waals surface area contributed by atoms with Crippen LogP contribution in [0.5, 0.6) is 0 Å². The summed E-state index contributed by atoms with van der Waals surface area (Å²) in [6.07, 6.45) is 1.01. The maximum atomic E-state index is 11.5. The lowest BCUT2D eigenvalue weighted by Crippen LogP contribution is -2.44. The topological polar surface area (TPSA) is 61.4 Å². The van der Waals surface area contributed by atoms with Gasteiger partial charge < -0.3 is 5.32 Å². The van der Waals surface area contributed by atoms with Crippen molar-refractivity contribution in [1.29, 1.82) is 0 Å². The Bertz CT molecular complexity index is 239. The van der Waals surface area contributed by atoms with E-state index in [1.807, 2.05) is 6.92 Å². The summed E-state index contributed by atoms with van der Waals surface area (Å²) in [7, 11) is 0.0864. The van der Waals surface area contributed by atoms with E-state index in [4.69, 9.17) is 0 Å². The van der Waals surface area contributed by atoms with E-state index in [0.29, 0.717) is 6.54 Å². The average molecular weight is 223 g/mol. The lowest BCUT2D eigenvalue weighted by Gasteiger charge is -2.17. The van der Waals surface area contributed by atoms with E-state index < -0.39 is 15.3 Å². The van der Waals surface area contributed by atoms with Crippen LogP contribution in [-0.2, 0) is 10.0 Å². The van der Waals surface area contributed by atoms with Gasteiger partial charge in [-0.2, -0.15) is 0 Å². The lowest BCUT2D eigenvalue weighted by atomic mass is 10.4. The summed E-state index contributed by atoms with van der Waals surface area (Å²) in [5, 5.41) is 4.09. The zero-order valence-electron chi connectivity index (χ0n) is 9.37. The van der Waals surface area contributed by atoms with Gasteiger partial charge in [-0.1, -0.05) is 6.92 Å². The van der Waals surface area contributed by atoms with E-state index in [9.17, 15) is 8.42 Å². The Labute approximate surface area is 86.9 Å². The number of sulfonamides is 1. The van der Waals surface area contributed by atoms with Crippen molar-refractivity contribution in [3.63, 3.8) is 0 Å². The van der Waals surface area contributed by atoms with Crippen molar-refractivity contribution in [3.8, 4) is 0 Å². The van der Waals surface area contributed by atoms with Gasteiger partial charge in [-0.05, 0) is 19.9 Å². The van der Waals surface area contributed by atoms with Crippen LogP contribution < -0.4 is 10.1 Å². The predicted molar refractivity (Wildman–Crippen MR) is 58.4 cm³/mol. The first-order valence-electron chi connectivity index (χ1n) is 4.79. The number of hydrogen-bond donors (Lipinski definition) is 2. The number of nitrogens with zero attached hydrogens (tertiary/aromatic N) is 1. The van der Waals surface area contributed by atoms with Crippen molar-refractivity contribution in [2.24, 2.45) is 0 Å². The van der Waals surface area contributed by atoms with E-state index in [2.05, 4.69) is 10.1 Å². The van der Waals surface area contributed by atoms with Crippen molar-refractivity contribution in [2.75, 3.05) is 27.2 Å². The first-order chi connectivity index (χ1) is 6.40. The second kappa shape index (κ2) is 6.34. The molecular weight excluding hydrogens is 202 g/mol. The van der Waals surface area contributed by atoms with Crippen LogP contribution in [0.15, 0.2) is 0 Å². The second-order valence-electron chi connectivity index (χ2n) is 3.55. The highest BCUT2D eigenvalue weighted by molar-refractivity contribution is 7.90. The lowest BCUT2D eigenvalue weighted by molar-refractivity contribution is 0.361. The summed E-state index contributed by atoms with van der Waals surface area (Å²) in [6, 6.07) is 0. The highest BCUT2D eigenvalue weighted by atomic mass is 32.2. The molecule has 5 nitrogen and oxygen atoms in total. The fraction of sp³-hybridized carbons (Fsp3) is 1.00. The van der Waals surface area contributed by atoms with Gasteiger partial charge in [0.2, 0.25) is 10.0 Å². The Hall–Kier alpha value is -0.170. The molecule has 0 aromatic rings. The molecule has 0 spiro atoms. The van der Waals surface area contributed by atoms with Gasteiger partial charge in [0.1, 0.15) is 0 Å². The third kappa shape index (κ3) is 5.54. The largest absolute Gasteiger partial charge is 0.315 e. The summed E-state index contributed by atoms with van der Waals surface area (Å²) in [5.41, 5.74) is 0. The Morgan fingerprint density at radius 3 is 2.36 bits per heavy atom. The van der Waals surface area contributed by atoms with E-state index in [1.54, 1.807) is 21.0 Å². The van der Waals surface area contributed by atoms with Crippen LogP contribution in [0.2, 0.25) is 0 Å². The number of nitrogens with one attached hydrogen (secondary N) is 2. The van der Waals surface area contributed by atoms with Crippen LogP contribution in [0.3, 0.4) is 0 Å². The summed E-state index contributed by atoms with van der Waals surface area (Å²) in [4.78, 5) is 2.41. The number of hydrazine groups is 1. The van der Waals surface area contributed by atoms with E-state index in [1.165, 1.54) is 5.01 Å². The molecule has 0 radical (unpaired) electrons. The van der Waals surface area contributed by atoms with Gasteiger partial charge in [-0.25, -0.2) is 13.4 Å². The Morgan fingerprint density at radius 2 is 1.93 bits per heavy atom. The van der Waals surface area contributed by atoms with Gasteiger partial charge in [0.15, 0.2) is 0 Å². The van der Waals surface area contributed by atoms with Gasteiger partial charge >= 0.3 is 0 Å². The number of hydrogen-bond acceptors (Lipinski definition) is 4. The van der Waals surface area contributed by atoms with Crippen LogP contribution in [-0.4, -0.2) is 45.9 Å². The maximum Gasteiger partial charge on any atom is 0.228 e. The molecule has 0 saturated heterocycles. The fourth-order valence-corrected chi connectivity index (χ4v) is 1.96. The molecule has 2 N–H and O–H groups in total. The van der Waals surface area contributed by atoms with Crippen molar-refractivity contribution in [1.82, 2.24) is 15.2 Å². The summed E-state index contributed by atoms with van der Waals surface area (Å²) < 4.78 is 23.1. The Kier molecular flexibility index (Phi) is 6.26. The minimum atomic E-state index is -3.23. The van der Waals surface area contributed by atoms with Crippen molar-refractivity contribution in [3.05, 3.63) is 0 Å². The van der Waals surface area contributed by atoms with Crippen LogP contribution in [0.25, 0.3) is 0 Å². The molecule has 14 heavy (non-hydrogen) atoms. The van der Waals surface area contributed by atoms with Crippen LogP contribution in [0.4, 0.5) is 0 Å². The van der Waals surface area contributed by atoms with Crippen LogP contribution in [0.1, 0.15) is 20.3 Å². The molecule has 6 heteroatoms. The molecule has 0 fully saturated rings.